The van der Waals surface area contributed by atoms with E-state index in [4.69, 9.17) is 0 Å². The average molecular weight is 236 g/mol. The van der Waals surface area contributed by atoms with Crippen molar-refractivity contribution in [1.82, 2.24) is 0 Å². The Labute approximate surface area is 99.8 Å². The minimum Gasteiger partial charge on any atom is -0.504 e. The number of nitrogens with one attached hydrogen (secondary N) is 2. The number of carbonyl (C=O) groups is 2. The van der Waals surface area contributed by atoms with Crippen LogP contribution in [0.1, 0.15) is 25.0 Å². The highest BCUT2D eigenvalue weighted by Gasteiger charge is 2.14. The first-order chi connectivity index (χ1) is 7.82. The van der Waals surface area contributed by atoms with Crippen LogP contribution in [0, 0.1) is 13.8 Å². The number of aromatic hydroxyl groups is 1. The third-order valence-corrected chi connectivity index (χ3v) is 2.43. The zero-order valence-corrected chi connectivity index (χ0v) is 10.3. The zero-order valence-electron chi connectivity index (χ0n) is 10.3. The quantitative estimate of drug-likeness (QED) is 0.686. The highest BCUT2D eigenvalue weighted by Crippen LogP contribution is 2.37. The smallest absolute Gasteiger partial charge is 0.221 e. The summed E-state index contributed by atoms with van der Waals surface area (Å²) in [5.74, 6) is -0.682. The summed E-state index contributed by atoms with van der Waals surface area (Å²) in [7, 11) is 0. The fourth-order valence-electron chi connectivity index (χ4n) is 1.52. The number of phenolic OH excluding ortho intramolecular Hbond substituents is 1. The van der Waals surface area contributed by atoms with E-state index in [1.165, 1.54) is 13.8 Å². The third-order valence-electron chi connectivity index (χ3n) is 2.43. The molecule has 0 unspecified atom stereocenters. The van der Waals surface area contributed by atoms with Crippen LogP contribution in [0.15, 0.2) is 6.07 Å². The number of hydrogen-bond donors (Lipinski definition) is 3. The summed E-state index contributed by atoms with van der Waals surface area (Å²) in [4.78, 5) is 22.0. The highest BCUT2D eigenvalue weighted by atomic mass is 16.3. The second-order valence-electron chi connectivity index (χ2n) is 3.95. The van der Waals surface area contributed by atoms with Crippen LogP contribution >= 0.6 is 0 Å². The number of anilines is 2. The molecule has 1 aromatic rings. The summed E-state index contributed by atoms with van der Waals surface area (Å²) in [6, 6.07) is 1.66. The van der Waals surface area contributed by atoms with Crippen molar-refractivity contribution in [3.8, 4) is 5.75 Å². The number of amides is 2. The molecule has 0 radical (unpaired) electrons. The Morgan fingerprint density at radius 2 is 1.65 bits per heavy atom. The van der Waals surface area contributed by atoms with Crippen molar-refractivity contribution in [2.24, 2.45) is 0 Å². The van der Waals surface area contributed by atoms with Gasteiger partial charge in [-0.15, -0.1) is 0 Å². The molecular weight excluding hydrogens is 220 g/mol. The van der Waals surface area contributed by atoms with Crippen LogP contribution in [0.2, 0.25) is 0 Å². The molecule has 0 aromatic heterocycles. The molecule has 1 aromatic carbocycles. The van der Waals surface area contributed by atoms with Crippen molar-refractivity contribution >= 4 is 23.2 Å². The van der Waals surface area contributed by atoms with Gasteiger partial charge in [-0.1, -0.05) is 0 Å². The minimum absolute atomic E-state index is 0.126. The lowest BCUT2D eigenvalue weighted by atomic mass is 10.1. The molecule has 0 saturated heterocycles. The number of carbonyl (C=O) groups excluding carboxylic acids is 2. The van der Waals surface area contributed by atoms with Gasteiger partial charge in [0.1, 0.15) is 0 Å². The zero-order chi connectivity index (χ0) is 13.2. The van der Waals surface area contributed by atoms with Gasteiger partial charge in [-0.25, -0.2) is 0 Å². The number of phenols is 1. The van der Waals surface area contributed by atoms with Crippen molar-refractivity contribution in [3.63, 3.8) is 0 Å². The number of hydrogen-bond acceptors (Lipinski definition) is 3. The van der Waals surface area contributed by atoms with E-state index in [1.807, 2.05) is 6.92 Å². The largest absolute Gasteiger partial charge is 0.504 e. The molecule has 0 aliphatic heterocycles. The molecule has 0 bridgehead atoms. The molecule has 5 nitrogen and oxygen atoms in total. The Bertz CT molecular complexity index is 481. The monoisotopic (exact) mass is 236 g/mol. The lowest BCUT2D eigenvalue weighted by Crippen LogP contribution is -2.11. The van der Waals surface area contributed by atoms with Crippen LogP contribution in [0.25, 0.3) is 0 Å². The van der Waals surface area contributed by atoms with Crippen molar-refractivity contribution in [1.29, 1.82) is 0 Å². The van der Waals surface area contributed by atoms with Crippen LogP contribution in [-0.4, -0.2) is 16.9 Å². The van der Waals surface area contributed by atoms with E-state index in [-0.39, 0.29) is 17.6 Å². The molecule has 3 N–H and O–H groups in total. The normalized spacial score (nSPS) is 9.88. The Kier molecular flexibility index (Phi) is 3.73. The molecule has 5 heteroatoms. The summed E-state index contributed by atoms with van der Waals surface area (Å²) in [6.45, 7) is 6.34. The Hall–Kier alpha value is -2.04. The maximum absolute atomic E-state index is 11.1. The first kappa shape index (κ1) is 13.0. The van der Waals surface area contributed by atoms with Crippen molar-refractivity contribution in [2.45, 2.75) is 27.7 Å². The Balaban J connectivity index is 3.31. The third kappa shape index (κ3) is 2.96. The first-order valence-electron chi connectivity index (χ1n) is 5.21. The van der Waals surface area contributed by atoms with Crippen LogP contribution < -0.4 is 10.6 Å². The second-order valence-corrected chi connectivity index (χ2v) is 3.95. The predicted molar refractivity (Wildman–Crippen MR) is 66.2 cm³/mol. The summed E-state index contributed by atoms with van der Waals surface area (Å²) < 4.78 is 0. The van der Waals surface area contributed by atoms with E-state index in [0.717, 1.165) is 11.1 Å². The van der Waals surface area contributed by atoms with Gasteiger partial charge in [0, 0.05) is 13.8 Å². The van der Waals surface area contributed by atoms with Crippen molar-refractivity contribution < 1.29 is 14.7 Å². The molecule has 2 amide bonds. The average Bonchev–Trinajstić information content (AvgIpc) is 2.20. The minimum atomic E-state index is -0.280. The van der Waals surface area contributed by atoms with Crippen LogP contribution in [0.3, 0.4) is 0 Å². The summed E-state index contributed by atoms with van der Waals surface area (Å²) in [6.07, 6.45) is 0. The molecule has 1 rings (SSSR count). The summed E-state index contributed by atoms with van der Waals surface area (Å²) in [5.41, 5.74) is 2.27. The van der Waals surface area contributed by atoms with E-state index < -0.39 is 0 Å². The van der Waals surface area contributed by atoms with E-state index in [0.29, 0.717) is 11.4 Å². The Morgan fingerprint density at radius 1 is 1.12 bits per heavy atom. The number of benzene rings is 1. The standard InChI is InChI=1S/C12H16N2O3/c1-6-5-10(13-8(3)15)12(17)11(7(6)2)14-9(4)16/h5,17H,1-4H3,(H,13,15)(H,14,16). The van der Waals surface area contributed by atoms with E-state index in [9.17, 15) is 14.7 Å². The van der Waals surface area contributed by atoms with Gasteiger partial charge in [0.25, 0.3) is 0 Å². The molecule has 0 fully saturated rings. The van der Waals surface area contributed by atoms with Crippen molar-refractivity contribution in [3.05, 3.63) is 17.2 Å². The molecule has 0 aliphatic rings. The van der Waals surface area contributed by atoms with Gasteiger partial charge in [0.2, 0.25) is 11.8 Å². The topological polar surface area (TPSA) is 78.4 Å². The van der Waals surface area contributed by atoms with E-state index in [1.54, 1.807) is 13.0 Å². The highest BCUT2D eigenvalue weighted by molar-refractivity contribution is 5.97. The SMILES string of the molecule is CC(=O)Nc1cc(C)c(C)c(NC(C)=O)c1O. The molecule has 0 saturated carbocycles. The van der Waals surface area contributed by atoms with Crippen LogP contribution in [-0.2, 0) is 9.59 Å². The Morgan fingerprint density at radius 3 is 2.12 bits per heavy atom. The van der Waals surface area contributed by atoms with Gasteiger partial charge < -0.3 is 15.7 Å². The molecule has 17 heavy (non-hydrogen) atoms. The maximum atomic E-state index is 11.1. The molecule has 0 heterocycles. The van der Waals surface area contributed by atoms with Gasteiger partial charge in [0.05, 0.1) is 11.4 Å². The predicted octanol–water partition coefficient (Wildman–Crippen LogP) is 1.93. The molecule has 92 valence electrons. The van der Waals surface area contributed by atoms with E-state index >= 15 is 0 Å². The van der Waals surface area contributed by atoms with Gasteiger partial charge in [0.15, 0.2) is 5.75 Å². The van der Waals surface area contributed by atoms with E-state index in [2.05, 4.69) is 10.6 Å². The van der Waals surface area contributed by atoms with Gasteiger partial charge >= 0.3 is 0 Å². The number of aryl methyl sites for hydroxylation is 1. The first-order valence-corrected chi connectivity index (χ1v) is 5.21. The lowest BCUT2D eigenvalue weighted by molar-refractivity contribution is -0.115. The fraction of sp³-hybridized carbons (Fsp3) is 0.333. The van der Waals surface area contributed by atoms with Gasteiger partial charge in [-0.05, 0) is 31.0 Å². The fourth-order valence-corrected chi connectivity index (χ4v) is 1.52. The van der Waals surface area contributed by atoms with Crippen molar-refractivity contribution in [2.75, 3.05) is 10.6 Å². The molecule has 0 spiro atoms. The molecule has 0 atom stereocenters. The number of rotatable bonds is 2. The van der Waals surface area contributed by atoms with Crippen LogP contribution in [0.5, 0.6) is 5.75 Å². The summed E-state index contributed by atoms with van der Waals surface area (Å²) in [5, 5.41) is 15.0. The molecular formula is C12H16N2O3. The van der Waals surface area contributed by atoms with Crippen LogP contribution in [0.4, 0.5) is 11.4 Å². The van der Waals surface area contributed by atoms with Gasteiger partial charge in [-0.2, -0.15) is 0 Å². The molecule has 0 aliphatic carbocycles. The summed E-state index contributed by atoms with van der Waals surface area (Å²) >= 11 is 0. The second kappa shape index (κ2) is 4.86. The lowest BCUT2D eigenvalue weighted by Gasteiger charge is -2.15. The maximum Gasteiger partial charge on any atom is 0.221 e. The van der Waals surface area contributed by atoms with Gasteiger partial charge in [-0.3, -0.25) is 9.59 Å².